The molecule has 2 N–H and O–H groups in total. The highest BCUT2D eigenvalue weighted by molar-refractivity contribution is 5.80. The lowest BCUT2D eigenvalue weighted by atomic mass is 10.1. The quantitative estimate of drug-likeness (QED) is 0.633. The molecule has 0 aliphatic carbocycles. The number of aliphatic imine (C=N–C) groups is 1. The van der Waals surface area contributed by atoms with Crippen LogP contribution in [-0.4, -0.2) is 26.1 Å². The van der Waals surface area contributed by atoms with Gasteiger partial charge in [0.15, 0.2) is 5.96 Å². The first kappa shape index (κ1) is 18.2. The van der Waals surface area contributed by atoms with Crippen LogP contribution in [0.3, 0.4) is 0 Å². The normalized spacial score (nSPS) is 15.8. The minimum atomic E-state index is -0.207. The van der Waals surface area contributed by atoms with E-state index in [1.807, 2.05) is 6.07 Å². The highest BCUT2D eigenvalue weighted by Gasteiger charge is 2.14. The summed E-state index contributed by atoms with van der Waals surface area (Å²) in [6.07, 6.45) is 2.54. The van der Waals surface area contributed by atoms with Crippen molar-refractivity contribution in [3.63, 3.8) is 0 Å². The van der Waals surface area contributed by atoms with Gasteiger partial charge in [-0.3, -0.25) is 4.99 Å². The summed E-state index contributed by atoms with van der Waals surface area (Å²) in [5.74, 6) is 0.453. The van der Waals surface area contributed by atoms with E-state index in [1.165, 1.54) is 30.2 Å². The molecule has 0 spiro atoms. The summed E-state index contributed by atoms with van der Waals surface area (Å²) in [5.41, 5.74) is 3.12. The number of anilines is 1. The van der Waals surface area contributed by atoms with Gasteiger partial charge in [0.1, 0.15) is 5.82 Å². The Morgan fingerprint density at radius 1 is 1.15 bits per heavy atom. The second-order valence-corrected chi connectivity index (χ2v) is 6.67. The molecule has 4 nitrogen and oxygen atoms in total. The van der Waals surface area contributed by atoms with Gasteiger partial charge in [0.05, 0.1) is 6.04 Å². The number of benzene rings is 2. The second-order valence-electron chi connectivity index (χ2n) is 6.67. The lowest BCUT2D eigenvalue weighted by molar-refractivity contribution is 0.602. The van der Waals surface area contributed by atoms with Crippen molar-refractivity contribution in [2.45, 2.75) is 32.4 Å². The summed E-state index contributed by atoms with van der Waals surface area (Å²) in [4.78, 5) is 6.69. The van der Waals surface area contributed by atoms with Gasteiger partial charge in [-0.05, 0) is 43.5 Å². The van der Waals surface area contributed by atoms with E-state index in [9.17, 15) is 4.39 Å². The summed E-state index contributed by atoms with van der Waals surface area (Å²) < 4.78 is 13.8. The van der Waals surface area contributed by atoms with Crippen molar-refractivity contribution >= 4 is 11.6 Å². The Balaban J connectivity index is 1.61. The third-order valence-electron chi connectivity index (χ3n) is 4.82. The number of nitrogens with one attached hydrogen (secondary N) is 2. The average Bonchev–Trinajstić information content (AvgIpc) is 3.21. The van der Waals surface area contributed by atoms with E-state index < -0.39 is 0 Å². The van der Waals surface area contributed by atoms with Gasteiger partial charge in [-0.15, -0.1) is 0 Å². The zero-order valence-electron chi connectivity index (χ0n) is 15.5. The van der Waals surface area contributed by atoms with Gasteiger partial charge >= 0.3 is 0 Å². The van der Waals surface area contributed by atoms with Crippen molar-refractivity contribution in [1.29, 1.82) is 0 Å². The van der Waals surface area contributed by atoms with Crippen LogP contribution < -0.4 is 15.5 Å². The first-order valence-corrected chi connectivity index (χ1v) is 9.23. The Bertz CT molecular complexity index is 753. The van der Waals surface area contributed by atoms with Gasteiger partial charge in [-0.25, -0.2) is 4.39 Å². The lowest BCUT2D eigenvalue weighted by Crippen LogP contribution is -2.38. The third-order valence-corrected chi connectivity index (χ3v) is 4.82. The first-order chi connectivity index (χ1) is 12.7. The van der Waals surface area contributed by atoms with Crippen LogP contribution in [0.2, 0.25) is 0 Å². The van der Waals surface area contributed by atoms with Crippen LogP contribution in [0.1, 0.15) is 36.9 Å². The molecule has 0 bridgehead atoms. The van der Waals surface area contributed by atoms with E-state index in [0.29, 0.717) is 18.1 Å². The molecule has 138 valence electrons. The van der Waals surface area contributed by atoms with Crippen molar-refractivity contribution < 1.29 is 4.39 Å². The fourth-order valence-corrected chi connectivity index (χ4v) is 3.27. The summed E-state index contributed by atoms with van der Waals surface area (Å²) in [6, 6.07) is 15.5. The zero-order valence-corrected chi connectivity index (χ0v) is 15.5. The van der Waals surface area contributed by atoms with Crippen LogP contribution in [0.25, 0.3) is 0 Å². The summed E-state index contributed by atoms with van der Waals surface area (Å²) in [6.45, 7) is 4.78. The van der Waals surface area contributed by atoms with Gasteiger partial charge in [0.25, 0.3) is 0 Å². The largest absolute Gasteiger partial charge is 0.372 e. The monoisotopic (exact) mass is 354 g/mol. The Morgan fingerprint density at radius 2 is 1.92 bits per heavy atom. The number of guanidine groups is 1. The molecular formula is C21H27FN4. The van der Waals surface area contributed by atoms with E-state index in [4.69, 9.17) is 0 Å². The third kappa shape index (κ3) is 4.54. The van der Waals surface area contributed by atoms with Gasteiger partial charge in [-0.2, -0.15) is 0 Å². The minimum absolute atomic E-state index is 0.101. The first-order valence-electron chi connectivity index (χ1n) is 9.23. The molecular weight excluding hydrogens is 327 g/mol. The number of nitrogens with zero attached hydrogens (tertiary/aromatic N) is 2. The van der Waals surface area contributed by atoms with Gasteiger partial charge in [0, 0.05) is 37.9 Å². The van der Waals surface area contributed by atoms with Crippen LogP contribution in [0.4, 0.5) is 10.1 Å². The summed E-state index contributed by atoms with van der Waals surface area (Å²) >= 11 is 0. The maximum Gasteiger partial charge on any atom is 0.191 e. The number of hydrogen-bond donors (Lipinski definition) is 2. The van der Waals surface area contributed by atoms with Crippen molar-refractivity contribution in [1.82, 2.24) is 10.6 Å². The smallest absolute Gasteiger partial charge is 0.191 e. The molecule has 0 radical (unpaired) electrons. The van der Waals surface area contributed by atoms with Gasteiger partial charge < -0.3 is 15.5 Å². The predicted octanol–water partition coefficient (Wildman–Crippen LogP) is 3.85. The van der Waals surface area contributed by atoms with Crippen molar-refractivity contribution in [2.75, 3.05) is 25.0 Å². The van der Waals surface area contributed by atoms with Gasteiger partial charge in [-0.1, -0.05) is 30.3 Å². The van der Waals surface area contributed by atoms with Crippen molar-refractivity contribution in [3.05, 3.63) is 65.5 Å². The van der Waals surface area contributed by atoms with Crippen LogP contribution >= 0.6 is 0 Å². The molecule has 1 saturated heterocycles. The molecule has 1 unspecified atom stereocenters. The molecule has 0 amide bonds. The standard InChI is InChI=1S/C21H27FN4/c1-16(17-9-7-10-19(14-17)26-12-5-6-13-26)25-21(23-2)24-15-18-8-3-4-11-20(18)22/h3-4,7-11,14,16H,5-6,12-13,15H2,1-2H3,(H2,23,24,25). The predicted molar refractivity (Wildman–Crippen MR) is 106 cm³/mol. The molecule has 1 atom stereocenters. The fraction of sp³-hybridized carbons (Fsp3) is 0.381. The fourth-order valence-electron chi connectivity index (χ4n) is 3.27. The van der Waals surface area contributed by atoms with Gasteiger partial charge in [0.2, 0.25) is 0 Å². The molecule has 2 aromatic rings. The Hall–Kier alpha value is -2.56. The minimum Gasteiger partial charge on any atom is -0.372 e. The molecule has 1 aliphatic rings. The molecule has 1 fully saturated rings. The Morgan fingerprint density at radius 3 is 2.65 bits per heavy atom. The maximum absolute atomic E-state index is 13.8. The Labute approximate surface area is 155 Å². The lowest BCUT2D eigenvalue weighted by Gasteiger charge is -2.22. The average molecular weight is 354 g/mol. The maximum atomic E-state index is 13.8. The van der Waals surface area contributed by atoms with Crippen LogP contribution in [0.5, 0.6) is 0 Å². The molecule has 0 saturated carbocycles. The van der Waals surface area contributed by atoms with Crippen LogP contribution in [0.15, 0.2) is 53.5 Å². The van der Waals surface area contributed by atoms with E-state index in [1.54, 1.807) is 19.2 Å². The summed E-state index contributed by atoms with van der Waals surface area (Å²) in [5, 5.41) is 6.57. The topological polar surface area (TPSA) is 39.7 Å². The van der Waals surface area contributed by atoms with E-state index in [-0.39, 0.29) is 11.9 Å². The zero-order chi connectivity index (χ0) is 18.4. The SMILES string of the molecule is CN=C(NCc1ccccc1F)NC(C)c1cccc(N2CCCC2)c1. The van der Waals surface area contributed by atoms with Crippen LogP contribution in [-0.2, 0) is 6.54 Å². The highest BCUT2D eigenvalue weighted by atomic mass is 19.1. The number of hydrogen-bond acceptors (Lipinski definition) is 2. The molecule has 0 aromatic heterocycles. The van der Waals surface area contributed by atoms with E-state index in [0.717, 1.165) is 13.1 Å². The number of halogens is 1. The Kier molecular flexibility index (Phi) is 6.10. The van der Waals surface area contributed by atoms with E-state index >= 15 is 0 Å². The highest BCUT2D eigenvalue weighted by Crippen LogP contribution is 2.23. The molecule has 2 aromatic carbocycles. The molecule has 1 heterocycles. The molecule has 5 heteroatoms. The molecule has 1 aliphatic heterocycles. The second kappa shape index (κ2) is 8.70. The van der Waals surface area contributed by atoms with E-state index in [2.05, 4.69) is 51.7 Å². The van der Waals surface area contributed by atoms with Crippen molar-refractivity contribution in [3.8, 4) is 0 Å². The molecule has 26 heavy (non-hydrogen) atoms. The molecule has 3 rings (SSSR count). The number of rotatable bonds is 5. The van der Waals surface area contributed by atoms with Crippen LogP contribution in [0, 0.1) is 5.82 Å². The summed E-state index contributed by atoms with van der Waals surface area (Å²) in [7, 11) is 1.73. The van der Waals surface area contributed by atoms with Crippen molar-refractivity contribution in [2.24, 2.45) is 4.99 Å².